The minimum Gasteiger partial charge on any atom is -0.466 e. The summed E-state index contributed by atoms with van der Waals surface area (Å²) < 4.78 is 4.70. The van der Waals surface area contributed by atoms with Crippen LogP contribution in [0.15, 0.2) is 11.6 Å². The van der Waals surface area contributed by atoms with Gasteiger partial charge in [-0.2, -0.15) is 0 Å². The van der Waals surface area contributed by atoms with E-state index in [0.29, 0.717) is 5.92 Å². The Kier molecular flexibility index (Phi) is 6.29. The lowest BCUT2D eigenvalue weighted by atomic mass is 9.98. The Bertz CT molecular complexity index is 183. The van der Waals surface area contributed by atoms with Gasteiger partial charge in [-0.3, -0.25) is 0 Å². The highest BCUT2D eigenvalue weighted by molar-refractivity contribution is 5.88. The van der Waals surface area contributed by atoms with Crippen molar-refractivity contribution in [2.45, 2.75) is 40.0 Å². The number of hydrogen-bond acceptors (Lipinski definition) is 2. The van der Waals surface area contributed by atoms with Crippen molar-refractivity contribution in [1.82, 2.24) is 0 Å². The molecule has 13 heavy (non-hydrogen) atoms. The van der Waals surface area contributed by atoms with Gasteiger partial charge in [0.1, 0.15) is 0 Å². The summed E-state index contributed by atoms with van der Waals surface area (Å²) in [6.45, 7) is 6.30. The van der Waals surface area contributed by atoms with Gasteiger partial charge in [0.15, 0.2) is 0 Å². The van der Waals surface area contributed by atoms with Crippen LogP contribution in [0.25, 0.3) is 0 Å². The minimum absolute atomic E-state index is 0.179. The van der Waals surface area contributed by atoms with Crippen LogP contribution in [0.1, 0.15) is 40.0 Å². The molecule has 0 aromatic rings. The predicted molar refractivity (Wildman–Crippen MR) is 54.5 cm³/mol. The average molecular weight is 184 g/mol. The molecule has 76 valence electrons. The highest BCUT2D eigenvalue weighted by Gasteiger charge is 2.11. The number of allylic oxidation sites excluding steroid dienone is 1. The first-order chi connectivity index (χ1) is 6.15. The Morgan fingerprint density at radius 2 is 2.08 bits per heavy atom. The molecule has 0 saturated carbocycles. The number of rotatable bonds is 5. The van der Waals surface area contributed by atoms with Crippen LogP contribution in [0, 0.1) is 5.92 Å². The van der Waals surface area contributed by atoms with Crippen molar-refractivity contribution in [1.29, 1.82) is 0 Å². The van der Waals surface area contributed by atoms with Crippen LogP contribution in [0.4, 0.5) is 0 Å². The van der Waals surface area contributed by atoms with Crippen LogP contribution < -0.4 is 0 Å². The van der Waals surface area contributed by atoms with Crippen molar-refractivity contribution in [2.75, 3.05) is 7.11 Å². The number of esters is 1. The van der Waals surface area contributed by atoms with Crippen molar-refractivity contribution in [3.05, 3.63) is 11.6 Å². The third-order valence-electron chi connectivity index (χ3n) is 2.16. The Hall–Kier alpha value is -0.790. The first kappa shape index (κ1) is 12.2. The summed E-state index contributed by atoms with van der Waals surface area (Å²) >= 11 is 0. The molecule has 0 unspecified atom stereocenters. The van der Waals surface area contributed by atoms with Crippen LogP contribution in [0.3, 0.4) is 0 Å². The van der Waals surface area contributed by atoms with Crippen LogP contribution in [0.5, 0.6) is 0 Å². The monoisotopic (exact) mass is 184 g/mol. The molecular formula is C11H20O2. The van der Waals surface area contributed by atoms with Gasteiger partial charge in [-0.25, -0.2) is 4.79 Å². The lowest BCUT2D eigenvalue weighted by Gasteiger charge is -2.10. The standard InChI is InChI=1S/C11H20O2/c1-5-7-10(11(12)13-4)8-9(3)6-2/h7,9H,5-6,8H2,1-4H3/b10-7+/t9-/m0/s1. The Morgan fingerprint density at radius 3 is 2.46 bits per heavy atom. The van der Waals surface area contributed by atoms with Crippen molar-refractivity contribution in [3.63, 3.8) is 0 Å². The number of carbonyl (C=O) groups is 1. The predicted octanol–water partition coefficient (Wildman–Crippen LogP) is 2.93. The van der Waals surface area contributed by atoms with Crippen molar-refractivity contribution < 1.29 is 9.53 Å². The first-order valence-corrected chi connectivity index (χ1v) is 4.93. The fourth-order valence-corrected chi connectivity index (χ4v) is 1.15. The molecule has 0 fully saturated rings. The molecule has 0 amide bonds. The van der Waals surface area contributed by atoms with Gasteiger partial charge >= 0.3 is 5.97 Å². The van der Waals surface area contributed by atoms with E-state index in [1.54, 1.807) is 0 Å². The summed E-state index contributed by atoms with van der Waals surface area (Å²) in [5, 5.41) is 0. The highest BCUT2D eigenvalue weighted by atomic mass is 16.5. The van der Waals surface area contributed by atoms with Gasteiger partial charge < -0.3 is 4.74 Å². The summed E-state index contributed by atoms with van der Waals surface area (Å²) in [4.78, 5) is 11.3. The van der Waals surface area contributed by atoms with Gasteiger partial charge in [0.2, 0.25) is 0 Å². The maximum absolute atomic E-state index is 11.3. The Labute approximate surface area is 81.0 Å². The van der Waals surface area contributed by atoms with Crippen LogP contribution >= 0.6 is 0 Å². The van der Waals surface area contributed by atoms with Crippen molar-refractivity contribution in [2.24, 2.45) is 5.92 Å². The van der Waals surface area contributed by atoms with E-state index in [4.69, 9.17) is 4.74 Å². The molecule has 0 aromatic heterocycles. The second-order valence-electron chi connectivity index (χ2n) is 3.35. The Morgan fingerprint density at radius 1 is 1.46 bits per heavy atom. The van der Waals surface area contributed by atoms with E-state index in [1.165, 1.54) is 7.11 Å². The normalized spacial score (nSPS) is 14.0. The zero-order valence-electron chi connectivity index (χ0n) is 9.09. The molecule has 2 heteroatoms. The SMILES string of the molecule is CC/C=C(\C[C@@H](C)CC)C(=O)OC. The van der Waals surface area contributed by atoms with Crippen LogP contribution in [-0.4, -0.2) is 13.1 Å². The third kappa shape index (κ3) is 4.71. The zero-order valence-corrected chi connectivity index (χ0v) is 9.09. The van der Waals surface area contributed by atoms with Crippen molar-refractivity contribution >= 4 is 5.97 Å². The molecule has 0 radical (unpaired) electrons. The fourth-order valence-electron chi connectivity index (χ4n) is 1.15. The molecule has 0 N–H and O–H groups in total. The van der Waals surface area contributed by atoms with E-state index in [1.807, 2.05) is 13.0 Å². The van der Waals surface area contributed by atoms with E-state index in [0.717, 1.165) is 24.8 Å². The lowest BCUT2D eigenvalue weighted by molar-refractivity contribution is -0.136. The third-order valence-corrected chi connectivity index (χ3v) is 2.16. The molecule has 0 bridgehead atoms. The van der Waals surface area contributed by atoms with Gasteiger partial charge in [-0.1, -0.05) is 33.3 Å². The quantitative estimate of drug-likeness (QED) is 0.485. The van der Waals surface area contributed by atoms with Gasteiger partial charge in [-0.15, -0.1) is 0 Å². The molecule has 0 aromatic carbocycles. The van der Waals surface area contributed by atoms with Crippen LogP contribution in [-0.2, 0) is 9.53 Å². The number of ether oxygens (including phenoxy) is 1. The molecule has 1 atom stereocenters. The number of methoxy groups -OCH3 is 1. The fraction of sp³-hybridized carbons (Fsp3) is 0.727. The second kappa shape index (κ2) is 6.70. The maximum Gasteiger partial charge on any atom is 0.333 e. The van der Waals surface area contributed by atoms with E-state index in [9.17, 15) is 4.79 Å². The van der Waals surface area contributed by atoms with Crippen LogP contribution in [0.2, 0.25) is 0 Å². The second-order valence-corrected chi connectivity index (χ2v) is 3.35. The molecule has 0 aliphatic carbocycles. The number of hydrogen-bond donors (Lipinski definition) is 0. The minimum atomic E-state index is -0.179. The molecule has 2 nitrogen and oxygen atoms in total. The summed E-state index contributed by atoms with van der Waals surface area (Å²) in [5.41, 5.74) is 0.819. The van der Waals surface area contributed by atoms with Gasteiger partial charge in [0.05, 0.1) is 7.11 Å². The summed E-state index contributed by atoms with van der Waals surface area (Å²) in [6, 6.07) is 0. The molecule has 0 aliphatic rings. The zero-order chi connectivity index (χ0) is 10.3. The highest BCUT2D eigenvalue weighted by Crippen LogP contribution is 2.15. The van der Waals surface area contributed by atoms with Gasteiger partial charge in [-0.05, 0) is 18.8 Å². The van der Waals surface area contributed by atoms with E-state index in [2.05, 4.69) is 13.8 Å². The van der Waals surface area contributed by atoms with Crippen molar-refractivity contribution in [3.8, 4) is 0 Å². The van der Waals surface area contributed by atoms with E-state index in [-0.39, 0.29) is 5.97 Å². The molecule has 0 rings (SSSR count). The average Bonchev–Trinajstić information content (AvgIpc) is 2.15. The maximum atomic E-state index is 11.3. The summed E-state index contributed by atoms with van der Waals surface area (Å²) in [6.07, 6.45) is 4.77. The molecular weight excluding hydrogens is 164 g/mol. The lowest BCUT2D eigenvalue weighted by Crippen LogP contribution is -2.08. The first-order valence-electron chi connectivity index (χ1n) is 4.93. The van der Waals surface area contributed by atoms with Gasteiger partial charge in [0.25, 0.3) is 0 Å². The van der Waals surface area contributed by atoms with E-state index >= 15 is 0 Å². The smallest absolute Gasteiger partial charge is 0.333 e. The van der Waals surface area contributed by atoms with E-state index < -0.39 is 0 Å². The molecule has 0 spiro atoms. The Balaban J connectivity index is 4.27. The summed E-state index contributed by atoms with van der Waals surface area (Å²) in [7, 11) is 1.43. The molecule has 0 aliphatic heterocycles. The summed E-state index contributed by atoms with van der Waals surface area (Å²) in [5.74, 6) is 0.374. The largest absolute Gasteiger partial charge is 0.466 e. The molecule has 0 heterocycles. The topological polar surface area (TPSA) is 26.3 Å². The molecule has 0 saturated heterocycles. The number of carbonyl (C=O) groups excluding carboxylic acids is 1. The van der Waals surface area contributed by atoms with Gasteiger partial charge in [0, 0.05) is 5.57 Å².